The average Bonchev–Trinajstić information content (AvgIpc) is 3.26. The molecule has 0 spiro atoms. The van der Waals surface area contributed by atoms with Gasteiger partial charge in [0.15, 0.2) is 0 Å². The molecule has 1 aromatic heterocycles. The van der Waals surface area contributed by atoms with Gasteiger partial charge in [-0.2, -0.15) is 0 Å². The predicted molar refractivity (Wildman–Crippen MR) is 122 cm³/mol. The molecule has 1 fully saturated rings. The Morgan fingerprint density at radius 3 is 2.50 bits per heavy atom. The summed E-state index contributed by atoms with van der Waals surface area (Å²) in [6.07, 6.45) is -1.77. The minimum absolute atomic E-state index is 0.431. The first kappa shape index (κ1) is 23.0. The van der Waals surface area contributed by atoms with E-state index in [9.17, 15) is 20.4 Å². The Bertz CT molecular complexity index is 1080. The Labute approximate surface area is 194 Å². The smallest absolute Gasteiger partial charge is 0.140 e. The molecule has 1 aliphatic rings. The average molecular weight is 475 g/mol. The van der Waals surface area contributed by atoms with Crippen LogP contribution in [0.1, 0.15) is 32.8 Å². The lowest BCUT2D eigenvalue weighted by Crippen LogP contribution is -2.55. The third-order valence-electron chi connectivity index (χ3n) is 5.33. The maximum atomic E-state index is 10.4. The van der Waals surface area contributed by atoms with Gasteiger partial charge in [-0.3, -0.25) is 0 Å². The number of aromatic nitrogens is 2. The van der Waals surface area contributed by atoms with Crippen LogP contribution >= 0.6 is 22.9 Å². The molecular weight excluding hydrogens is 452 g/mol. The summed E-state index contributed by atoms with van der Waals surface area (Å²) >= 11 is 7.83. The molecule has 0 radical (unpaired) electrons. The molecule has 0 aliphatic carbocycles. The zero-order valence-electron chi connectivity index (χ0n) is 17.0. The van der Waals surface area contributed by atoms with E-state index < -0.39 is 37.1 Å². The molecule has 1 aliphatic heterocycles. The van der Waals surface area contributed by atoms with Gasteiger partial charge in [0.2, 0.25) is 0 Å². The van der Waals surface area contributed by atoms with Crippen LogP contribution in [0.5, 0.6) is 0 Å². The van der Waals surface area contributed by atoms with Gasteiger partial charge in [-0.15, -0.1) is 10.2 Å². The van der Waals surface area contributed by atoms with Crippen molar-refractivity contribution in [3.8, 4) is 0 Å². The molecule has 32 heavy (non-hydrogen) atoms. The second kappa shape index (κ2) is 10.2. The Morgan fingerprint density at radius 2 is 1.75 bits per heavy atom. The third-order valence-corrected chi connectivity index (χ3v) is 6.59. The van der Waals surface area contributed by atoms with E-state index in [1.54, 1.807) is 18.2 Å². The van der Waals surface area contributed by atoms with Gasteiger partial charge in [-0.25, -0.2) is 0 Å². The highest BCUT2D eigenvalue weighted by Gasteiger charge is 2.44. The number of ether oxygens (including phenoxy) is 1. The second-order valence-corrected chi connectivity index (χ2v) is 9.06. The summed E-state index contributed by atoms with van der Waals surface area (Å²) in [5.74, 6) is 0. The van der Waals surface area contributed by atoms with E-state index in [1.165, 1.54) is 11.3 Å². The number of rotatable bonds is 6. The van der Waals surface area contributed by atoms with Gasteiger partial charge in [-0.05, 0) is 28.8 Å². The Morgan fingerprint density at radius 1 is 0.969 bits per heavy atom. The van der Waals surface area contributed by atoms with E-state index in [2.05, 4.69) is 10.2 Å². The van der Waals surface area contributed by atoms with Crippen molar-refractivity contribution in [2.24, 2.45) is 0 Å². The maximum Gasteiger partial charge on any atom is 0.140 e. The molecule has 2 aromatic carbocycles. The summed E-state index contributed by atoms with van der Waals surface area (Å²) in [6, 6.07) is 15.0. The number of aliphatic hydroxyl groups is 4. The monoisotopic (exact) mass is 474 g/mol. The molecule has 5 atom stereocenters. The number of hydrogen-bond acceptors (Lipinski definition) is 8. The van der Waals surface area contributed by atoms with Crippen molar-refractivity contribution in [3.63, 3.8) is 0 Å². The normalized spacial score (nSPS) is 26.0. The van der Waals surface area contributed by atoms with Crippen molar-refractivity contribution < 1.29 is 25.2 Å². The molecular formula is C23H23ClN2O5S. The standard InChI is InChI=1S/C23H23ClN2O5S/c24-16-8-7-14(23-22(30)21(29)20(28)17(12-27)31-23)10-15(16)11-19-26-25-18(32-19)9-6-13-4-2-1-3-5-13/h1-10,17,20-23,27-30H,11-12H2/b9-6+/t17-,20-,21+,22-,23?/m1/s1. The molecule has 0 bridgehead atoms. The van der Waals surface area contributed by atoms with Gasteiger partial charge in [0, 0.05) is 11.4 Å². The minimum atomic E-state index is -1.44. The molecule has 0 saturated carbocycles. The van der Waals surface area contributed by atoms with Crippen molar-refractivity contribution in [1.82, 2.24) is 10.2 Å². The minimum Gasteiger partial charge on any atom is -0.394 e. The van der Waals surface area contributed by atoms with Crippen molar-refractivity contribution in [3.05, 3.63) is 80.3 Å². The van der Waals surface area contributed by atoms with Crippen LogP contribution in [0, 0.1) is 0 Å². The number of benzene rings is 2. The molecule has 9 heteroatoms. The Kier molecular flexibility index (Phi) is 7.32. The van der Waals surface area contributed by atoms with E-state index in [0.717, 1.165) is 21.1 Å². The zero-order chi connectivity index (χ0) is 22.7. The van der Waals surface area contributed by atoms with Crippen LogP contribution in [-0.2, 0) is 11.2 Å². The lowest BCUT2D eigenvalue weighted by atomic mass is 9.90. The van der Waals surface area contributed by atoms with E-state index in [1.807, 2.05) is 42.5 Å². The zero-order valence-corrected chi connectivity index (χ0v) is 18.5. The number of nitrogens with zero attached hydrogens (tertiary/aromatic N) is 2. The molecule has 0 amide bonds. The van der Waals surface area contributed by atoms with Gasteiger partial charge in [-0.1, -0.05) is 71.5 Å². The summed E-state index contributed by atoms with van der Waals surface area (Å²) in [7, 11) is 0. The van der Waals surface area contributed by atoms with Crippen LogP contribution in [-0.4, -0.2) is 61.6 Å². The van der Waals surface area contributed by atoms with Gasteiger partial charge in [0.1, 0.15) is 40.5 Å². The summed E-state index contributed by atoms with van der Waals surface area (Å²) in [6.45, 7) is -0.480. The SMILES string of the molecule is OC[C@H]1OC(c2ccc(Cl)c(Cc3nnc(/C=C/c4ccccc4)s3)c2)[C@H](O)[C@@H](O)[C@@H]1O. The summed E-state index contributed by atoms with van der Waals surface area (Å²) < 4.78 is 5.65. The highest BCUT2D eigenvalue weighted by molar-refractivity contribution is 7.12. The van der Waals surface area contributed by atoms with Crippen LogP contribution in [0.4, 0.5) is 0 Å². The van der Waals surface area contributed by atoms with Crippen LogP contribution < -0.4 is 0 Å². The molecule has 2 heterocycles. The fraction of sp³-hybridized carbons (Fsp3) is 0.304. The summed E-state index contributed by atoms with van der Waals surface area (Å²) in [5, 5.41) is 50.4. The fourth-order valence-electron chi connectivity index (χ4n) is 3.58. The Balaban J connectivity index is 1.51. The van der Waals surface area contributed by atoms with Crippen LogP contribution in [0.2, 0.25) is 5.02 Å². The first-order chi connectivity index (χ1) is 15.5. The first-order valence-corrected chi connectivity index (χ1v) is 11.3. The van der Waals surface area contributed by atoms with Crippen molar-refractivity contribution in [2.45, 2.75) is 36.9 Å². The fourth-order valence-corrected chi connectivity index (χ4v) is 4.54. The molecule has 4 N–H and O–H groups in total. The van der Waals surface area contributed by atoms with Crippen molar-refractivity contribution in [1.29, 1.82) is 0 Å². The molecule has 3 aromatic rings. The highest BCUT2D eigenvalue weighted by atomic mass is 35.5. The van der Waals surface area contributed by atoms with Gasteiger partial charge in [0.05, 0.1) is 6.61 Å². The molecule has 7 nitrogen and oxygen atoms in total. The van der Waals surface area contributed by atoms with Crippen molar-refractivity contribution >= 4 is 35.1 Å². The van der Waals surface area contributed by atoms with E-state index in [0.29, 0.717) is 17.0 Å². The quantitative estimate of drug-likeness (QED) is 0.433. The molecule has 4 rings (SSSR count). The van der Waals surface area contributed by atoms with E-state index in [4.69, 9.17) is 16.3 Å². The summed E-state index contributed by atoms with van der Waals surface area (Å²) in [4.78, 5) is 0. The van der Waals surface area contributed by atoms with Gasteiger partial charge >= 0.3 is 0 Å². The Hall–Kier alpha value is -2.17. The first-order valence-electron chi connectivity index (χ1n) is 10.1. The number of aliphatic hydroxyl groups excluding tert-OH is 4. The summed E-state index contributed by atoms with van der Waals surface area (Å²) in [5.41, 5.74) is 2.41. The molecule has 1 saturated heterocycles. The second-order valence-electron chi connectivity index (χ2n) is 7.56. The predicted octanol–water partition coefficient (Wildman–Crippen LogP) is 2.47. The molecule has 168 valence electrons. The lowest BCUT2D eigenvalue weighted by Gasteiger charge is -2.40. The topological polar surface area (TPSA) is 116 Å². The van der Waals surface area contributed by atoms with Gasteiger partial charge in [0.25, 0.3) is 0 Å². The van der Waals surface area contributed by atoms with Crippen molar-refractivity contribution in [2.75, 3.05) is 6.61 Å². The third kappa shape index (κ3) is 5.07. The lowest BCUT2D eigenvalue weighted by molar-refractivity contribution is -0.231. The van der Waals surface area contributed by atoms with Crippen LogP contribution in [0.3, 0.4) is 0 Å². The van der Waals surface area contributed by atoms with Crippen LogP contribution in [0.15, 0.2) is 48.5 Å². The van der Waals surface area contributed by atoms with E-state index in [-0.39, 0.29) is 0 Å². The maximum absolute atomic E-state index is 10.4. The highest BCUT2D eigenvalue weighted by Crippen LogP contribution is 2.34. The largest absolute Gasteiger partial charge is 0.394 e. The van der Waals surface area contributed by atoms with Gasteiger partial charge < -0.3 is 25.2 Å². The number of hydrogen-bond donors (Lipinski definition) is 4. The van der Waals surface area contributed by atoms with Crippen LogP contribution in [0.25, 0.3) is 12.2 Å². The van der Waals surface area contributed by atoms with E-state index >= 15 is 0 Å². The molecule has 1 unspecified atom stereocenters. The number of halogens is 1.